The van der Waals surface area contributed by atoms with Gasteiger partial charge in [-0.3, -0.25) is 0 Å². The number of para-hydroxylation sites is 1. The lowest BCUT2D eigenvalue weighted by molar-refractivity contribution is 0.661. The first-order chi connectivity index (χ1) is 26.0. The van der Waals surface area contributed by atoms with Crippen LogP contribution in [-0.2, 0) is 5.41 Å². The Morgan fingerprint density at radius 3 is 1.70 bits per heavy atom. The predicted octanol–water partition coefficient (Wildman–Crippen LogP) is 12.2. The molecule has 5 nitrogen and oxygen atoms in total. The Balaban J connectivity index is 1.13. The van der Waals surface area contributed by atoms with Crippen LogP contribution in [0.5, 0.6) is 0 Å². The molecule has 250 valence electrons. The van der Waals surface area contributed by atoms with Gasteiger partial charge in [-0.2, -0.15) is 0 Å². The van der Waals surface area contributed by atoms with Crippen molar-refractivity contribution in [3.8, 4) is 51.0 Å². The van der Waals surface area contributed by atoms with Crippen molar-refractivity contribution >= 4 is 43.7 Å². The van der Waals surface area contributed by atoms with Crippen LogP contribution in [0.1, 0.15) is 25.0 Å². The number of fused-ring (bicyclic) bond motifs is 9. The first-order valence-corrected chi connectivity index (χ1v) is 18.0. The average molecular weight is 681 g/mol. The third-order valence-corrected chi connectivity index (χ3v) is 11.0. The van der Waals surface area contributed by atoms with Crippen LogP contribution in [0.4, 0.5) is 0 Å². The van der Waals surface area contributed by atoms with E-state index in [4.69, 9.17) is 19.4 Å². The molecule has 0 atom stereocenters. The number of hydrogen-bond donors (Lipinski definition) is 0. The van der Waals surface area contributed by atoms with Gasteiger partial charge in [-0.15, -0.1) is 0 Å². The first-order valence-electron chi connectivity index (χ1n) is 18.0. The molecule has 0 radical (unpaired) electrons. The first kappa shape index (κ1) is 29.8. The molecule has 0 fully saturated rings. The lowest BCUT2D eigenvalue weighted by Gasteiger charge is -2.21. The molecule has 0 unspecified atom stereocenters. The van der Waals surface area contributed by atoms with Gasteiger partial charge in [0.05, 0.1) is 11.0 Å². The lowest BCUT2D eigenvalue weighted by Crippen LogP contribution is -2.14. The number of rotatable bonds is 4. The summed E-state index contributed by atoms with van der Waals surface area (Å²) < 4.78 is 8.84. The molecule has 3 heterocycles. The Morgan fingerprint density at radius 2 is 1.00 bits per heavy atom. The molecule has 0 spiro atoms. The van der Waals surface area contributed by atoms with E-state index in [2.05, 4.69) is 103 Å². The van der Waals surface area contributed by atoms with Gasteiger partial charge in [0, 0.05) is 49.3 Å². The van der Waals surface area contributed by atoms with Crippen molar-refractivity contribution in [2.75, 3.05) is 0 Å². The van der Waals surface area contributed by atoms with Crippen molar-refractivity contribution in [1.82, 2.24) is 19.5 Å². The Labute approximate surface area is 305 Å². The van der Waals surface area contributed by atoms with E-state index in [1.807, 2.05) is 72.8 Å². The van der Waals surface area contributed by atoms with Crippen LogP contribution in [0, 0.1) is 0 Å². The fourth-order valence-corrected chi connectivity index (χ4v) is 8.40. The minimum Gasteiger partial charge on any atom is -0.456 e. The Morgan fingerprint density at radius 1 is 0.434 bits per heavy atom. The summed E-state index contributed by atoms with van der Waals surface area (Å²) in [7, 11) is 0. The van der Waals surface area contributed by atoms with Gasteiger partial charge in [-0.1, -0.05) is 117 Å². The molecular formula is C48H32N4O. The highest BCUT2D eigenvalue weighted by molar-refractivity contribution is 6.18. The smallest absolute Gasteiger partial charge is 0.164 e. The standard InChI is InChI=1S/C48H32N4O/c1-48(2)39-19-11-9-17-33(39)35-25-36-37-27-44-38(34-18-10-12-20-43(34)53-44)26-41(37)52(42(36)28-40(35)48)32-23-21-31(22-24-32)47-50-45(29-13-5-3-6-14-29)49-46(51-47)30-15-7-4-8-16-30/h3-28H,1-2H3. The molecule has 0 saturated carbocycles. The molecule has 0 bridgehead atoms. The zero-order chi connectivity index (χ0) is 35.3. The fraction of sp³-hybridized carbons (Fsp3) is 0.0625. The zero-order valence-corrected chi connectivity index (χ0v) is 29.2. The van der Waals surface area contributed by atoms with E-state index in [-0.39, 0.29) is 5.41 Å². The van der Waals surface area contributed by atoms with E-state index >= 15 is 0 Å². The summed E-state index contributed by atoms with van der Waals surface area (Å²) in [4.78, 5) is 14.9. The highest BCUT2D eigenvalue weighted by Gasteiger charge is 2.36. The molecule has 1 aliphatic rings. The molecule has 1 aliphatic carbocycles. The summed E-state index contributed by atoms with van der Waals surface area (Å²) >= 11 is 0. The van der Waals surface area contributed by atoms with Crippen LogP contribution < -0.4 is 0 Å². The third kappa shape index (κ3) is 4.47. The van der Waals surface area contributed by atoms with Gasteiger partial charge in [-0.25, -0.2) is 15.0 Å². The van der Waals surface area contributed by atoms with Gasteiger partial charge < -0.3 is 8.98 Å². The van der Waals surface area contributed by atoms with Gasteiger partial charge in [0.15, 0.2) is 17.5 Å². The molecule has 7 aromatic carbocycles. The maximum absolute atomic E-state index is 6.43. The number of furan rings is 1. The lowest BCUT2D eigenvalue weighted by atomic mass is 9.82. The second-order valence-corrected chi connectivity index (χ2v) is 14.5. The Kier molecular flexibility index (Phi) is 6.23. The van der Waals surface area contributed by atoms with Crippen molar-refractivity contribution in [2.24, 2.45) is 0 Å². The van der Waals surface area contributed by atoms with Gasteiger partial charge in [0.1, 0.15) is 11.2 Å². The summed E-state index contributed by atoms with van der Waals surface area (Å²) in [6, 6.07) is 55.3. The quantitative estimate of drug-likeness (QED) is 0.186. The molecule has 53 heavy (non-hydrogen) atoms. The zero-order valence-electron chi connectivity index (χ0n) is 29.2. The van der Waals surface area contributed by atoms with Crippen LogP contribution in [0.3, 0.4) is 0 Å². The van der Waals surface area contributed by atoms with Crippen LogP contribution >= 0.6 is 0 Å². The van der Waals surface area contributed by atoms with Crippen molar-refractivity contribution < 1.29 is 4.42 Å². The second kappa shape index (κ2) is 11.1. The van der Waals surface area contributed by atoms with E-state index in [1.54, 1.807) is 0 Å². The third-order valence-electron chi connectivity index (χ3n) is 11.0. The summed E-state index contributed by atoms with van der Waals surface area (Å²) in [5, 5.41) is 4.60. The number of benzene rings is 7. The van der Waals surface area contributed by atoms with E-state index in [9.17, 15) is 0 Å². The molecule has 10 aromatic rings. The van der Waals surface area contributed by atoms with Crippen LogP contribution in [0.15, 0.2) is 162 Å². The monoisotopic (exact) mass is 680 g/mol. The Bertz CT molecular complexity index is 3010. The van der Waals surface area contributed by atoms with Gasteiger partial charge >= 0.3 is 0 Å². The normalized spacial score (nSPS) is 13.2. The SMILES string of the molecule is CC1(C)c2ccccc2-c2cc3c4cc5oc6ccccc6c5cc4n(-c4ccc(-c5nc(-c6ccccc6)nc(-c6ccccc6)n5)cc4)c3cc21. The molecular weight excluding hydrogens is 649 g/mol. The van der Waals surface area contributed by atoms with Crippen LogP contribution in [0.25, 0.3) is 94.7 Å². The topological polar surface area (TPSA) is 56.7 Å². The van der Waals surface area contributed by atoms with Crippen molar-refractivity contribution in [1.29, 1.82) is 0 Å². The summed E-state index contributed by atoms with van der Waals surface area (Å²) in [5.41, 5.74) is 13.2. The molecule has 0 N–H and O–H groups in total. The van der Waals surface area contributed by atoms with E-state index in [0.717, 1.165) is 55.2 Å². The van der Waals surface area contributed by atoms with Crippen molar-refractivity contribution in [3.63, 3.8) is 0 Å². The molecule has 0 amide bonds. The number of aromatic nitrogens is 4. The van der Waals surface area contributed by atoms with Gasteiger partial charge in [-0.05, 0) is 76.9 Å². The van der Waals surface area contributed by atoms with E-state index in [1.165, 1.54) is 33.2 Å². The minimum atomic E-state index is -0.124. The van der Waals surface area contributed by atoms with Gasteiger partial charge in [0.25, 0.3) is 0 Å². The highest BCUT2D eigenvalue weighted by atomic mass is 16.3. The molecule has 5 heteroatoms. The second-order valence-electron chi connectivity index (χ2n) is 14.5. The molecule has 0 aliphatic heterocycles. The molecule has 0 saturated heterocycles. The van der Waals surface area contributed by atoms with Crippen molar-refractivity contribution in [3.05, 3.63) is 169 Å². The average Bonchev–Trinajstić information content (AvgIpc) is 3.81. The maximum Gasteiger partial charge on any atom is 0.164 e. The summed E-state index contributed by atoms with van der Waals surface area (Å²) in [5.74, 6) is 1.93. The molecule has 3 aromatic heterocycles. The van der Waals surface area contributed by atoms with Gasteiger partial charge in [0.2, 0.25) is 0 Å². The van der Waals surface area contributed by atoms with Crippen LogP contribution in [-0.4, -0.2) is 19.5 Å². The van der Waals surface area contributed by atoms with E-state index in [0.29, 0.717) is 17.5 Å². The van der Waals surface area contributed by atoms with Crippen molar-refractivity contribution in [2.45, 2.75) is 19.3 Å². The highest BCUT2D eigenvalue weighted by Crippen LogP contribution is 2.51. The largest absolute Gasteiger partial charge is 0.456 e. The summed E-state index contributed by atoms with van der Waals surface area (Å²) in [6.45, 7) is 4.68. The number of nitrogens with zero attached hydrogens (tertiary/aromatic N) is 4. The minimum absolute atomic E-state index is 0.124. The van der Waals surface area contributed by atoms with Crippen LogP contribution in [0.2, 0.25) is 0 Å². The Hall–Kier alpha value is -6.85. The predicted molar refractivity (Wildman–Crippen MR) is 215 cm³/mol. The van der Waals surface area contributed by atoms with E-state index < -0.39 is 0 Å². The number of hydrogen-bond acceptors (Lipinski definition) is 4. The summed E-state index contributed by atoms with van der Waals surface area (Å²) in [6.07, 6.45) is 0. The molecule has 11 rings (SSSR count). The fourth-order valence-electron chi connectivity index (χ4n) is 8.40. The maximum atomic E-state index is 6.43.